The molecular weight excluding hydrogens is 467 g/mol. The lowest BCUT2D eigenvalue weighted by Gasteiger charge is -2.12. The summed E-state index contributed by atoms with van der Waals surface area (Å²) in [6, 6.07) is 3.88. The number of alkyl halides is 2. The second-order valence-corrected chi connectivity index (χ2v) is 6.42. The number of carbonyl (C=O) groups is 1. The van der Waals surface area contributed by atoms with Crippen LogP contribution in [0.5, 0.6) is 17.4 Å². The zero-order chi connectivity index (χ0) is 25.0. The molecule has 34 heavy (non-hydrogen) atoms. The van der Waals surface area contributed by atoms with Crippen molar-refractivity contribution in [3.8, 4) is 23.1 Å². The molecule has 0 spiro atoms. The number of aromatic nitrogens is 4. The molecule has 2 heterocycles. The lowest BCUT2D eigenvalue weighted by molar-refractivity contribution is -0.385. The molecule has 3 rings (SSSR count). The summed E-state index contributed by atoms with van der Waals surface area (Å²) in [5, 5.41) is 15.1. The first-order valence-corrected chi connectivity index (χ1v) is 9.50. The van der Waals surface area contributed by atoms with E-state index >= 15 is 0 Å². The fraction of sp³-hybridized carbons (Fsp3) is 0.263. The maximum absolute atomic E-state index is 14.7. The second-order valence-electron chi connectivity index (χ2n) is 6.42. The van der Waals surface area contributed by atoms with Crippen molar-refractivity contribution in [2.45, 2.75) is 20.4 Å². The van der Waals surface area contributed by atoms with Crippen LogP contribution in [0.3, 0.4) is 0 Å². The molecular formula is C19H16F3N5O7. The van der Waals surface area contributed by atoms with Crippen molar-refractivity contribution in [1.82, 2.24) is 19.3 Å². The van der Waals surface area contributed by atoms with Crippen molar-refractivity contribution >= 4 is 11.7 Å². The number of halogens is 3. The van der Waals surface area contributed by atoms with E-state index in [2.05, 4.69) is 10.1 Å². The van der Waals surface area contributed by atoms with Gasteiger partial charge in [0.1, 0.15) is 11.5 Å². The molecule has 12 nitrogen and oxygen atoms in total. The van der Waals surface area contributed by atoms with E-state index in [1.807, 2.05) is 0 Å². The predicted octanol–water partition coefficient (Wildman–Crippen LogP) is 2.91. The molecule has 0 aliphatic heterocycles. The molecule has 0 aliphatic carbocycles. The first-order chi connectivity index (χ1) is 16.1. The normalized spacial score (nSPS) is 10.9. The quantitative estimate of drug-likeness (QED) is 0.255. The number of esters is 1. The van der Waals surface area contributed by atoms with E-state index < -0.39 is 58.5 Å². The summed E-state index contributed by atoms with van der Waals surface area (Å²) >= 11 is 0. The molecule has 1 aromatic carbocycles. The highest BCUT2D eigenvalue weighted by molar-refractivity contribution is 5.71. The summed E-state index contributed by atoms with van der Waals surface area (Å²) in [4.78, 5) is 38.2. The fourth-order valence-electron chi connectivity index (χ4n) is 2.79. The highest BCUT2D eigenvalue weighted by atomic mass is 19.3. The molecule has 0 N–H and O–H groups in total. The highest BCUT2D eigenvalue weighted by Crippen LogP contribution is 2.37. The Labute approximate surface area is 188 Å². The zero-order valence-corrected chi connectivity index (χ0v) is 17.6. The van der Waals surface area contributed by atoms with Crippen LogP contribution in [0.4, 0.5) is 18.9 Å². The summed E-state index contributed by atoms with van der Waals surface area (Å²) in [5.41, 5.74) is -2.89. The minimum atomic E-state index is -3.24. The Bertz CT molecular complexity index is 1290. The average Bonchev–Trinajstić information content (AvgIpc) is 3.07. The first-order valence-electron chi connectivity index (χ1n) is 9.50. The van der Waals surface area contributed by atoms with E-state index in [4.69, 9.17) is 14.2 Å². The summed E-state index contributed by atoms with van der Waals surface area (Å²) in [5.74, 6) is -3.43. The third-order valence-corrected chi connectivity index (χ3v) is 4.22. The van der Waals surface area contributed by atoms with Crippen LogP contribution in [-0.2, 0) is 9.53 Å². The summed E-state index contributed by atoms with van der Waals surface area (Å²) in [6.07, 6.45) is 1.29. The number of benzene rings is 1. The molecule has 0 unspecified atom stereocenters. The van der Waals surface area contributed by atoms with Crippen LogP contribution in [-0.4, -0.2) is 43.4 Å². The van der Waals surface area contributed by atoms with Crippen molar-refractivity contribution in [2.24, 2.45) is 0 Å². The Hall–Kier alpha value is -4.43. The molecule has 0 radical (unpaired) electrons. The van der Waals surface area contributed by atoms with Gasteiger partial charge in [0.2, 0.25) is 5.75 Å². The average molecular weight is 483 g/mol. The molecule has 0 fully saturated rings. The number of rotatable bonds is 9. The van der Waals surface area contributed by atoms with Gasteiger partial charge in [-0.3, -0.25) is 10.1 Å². The van der Waals surface area contributed by atoms with Gasteiger partial charge in [0.15, 0.2) is 18.2 Å². The van der Waals surface area contributed by atoms with Crippen molar-refractivity contribution in [3.63, 3.8) is 0 Å². The van der Waals surface area contributed by atoms with Crippen LogP contribution in [0.15, 0.2) is 35.3 Å². The third-order valence-electron chi connectivity index (χ3n) is 4.22. The van der Waals surface area contributed by atoms with Crippen molar-refractivity contribution in [2.75, 3.05) is 13.2 Å². The SMILES string of the molecule is CCOC(=O)COc1ncccc1Oc1cc(-n2nc(C)n(C(F)F)c2=O)c(F)cc1[N+](=O)[O-]. The summed E-state index contributed by atoms with van der Waals surface area (Å²) < 4.78 is 56.7. The van der Waals surface area contributed by atoms with Gasteiger partial charge in [-0.2, -0.15) is 13.5 Å². The Kier molecular flexibility index (Phi) is 7.13. The van der Waals surface area contributed by atoms with Crippen LogP contribution < -0.4 is 15.2 Å². The minimum absolute atomic E-state index is 0.0177. The van der Waals surface area contributed by atoms with Crippen LogP contribution in [0, 0.1) is 22.9 Å². The number of carbonyl (C=O) groups excluding carboxylic acids is 1. The highest BCUT2D eigenvalue weighted by Gasteiger charge is 2.26. The lowest BCUT2D eigenvalue weighted by atomic mass is 10.2. The molecule has 0 bridgehead atoms. The number of pyridine rings is 1. The van der Waals surface area contributed by atoms with Gasteiger partial charge >= 0.3 is 23.9 Å². The first kappa shape index (κ1) is 24.2. The number of aryl methyl sites for hydroxylation is 1. The largest absolute Gasteiger partial charge is 0.463 e. The number of hydrogen-bond acceptors (Lipinski definition) is 9. The van der Waals surface area contributed by atoms with E-state index in [-0.39, 0.29) is 22.8 Å². The number of nitro benzene ring substituents is 1. The number of hydrogen-bond donors (Lipinski definition) is 0. The number of nitrogens with zero attached hydrogens (tertiary/aromatic N) is 5. The molecule has 0 saturated carbocycles. The summed E-state index contributed by atoms with van der Waals surface area (Å²) in [7, 11) is 0. The molecule has 0 amide bonds. The standard InChI is InChI=1S/C19H16F3N5O7/c1-3-32-16(28)9-33-17-14(5-4-6-23-17)34-15-8-12(11(20)7-13(15)27(30)31)26-19(29)25(18(21)22)10(2)24-26/h4-8,18H,3,9H2,1-2H3. The Balaban J connectivity index is 2.05. The van der Waals surface area contributed by atoms with E-state index in [1.165, 1.54) is 18.3 Å². The maximum Gasteiger partial charge on any atom is 0.355 e. The Morgan fingerprint density at radius 2 is 2.03 bits per heavy atom. The van der Waals surface area contributed by atoms with Gasteiger partial charge in [0, 0.05) is 12.3 Å². The topological polar surface area (TPSA) is 141 Å². The monoisotopic (exact) mass is 483 g/mol. The van der Waals surface area contributed by atoms with Crippen molar-refractivity contribution in [1.29, 1.82) is 0 Å². The molecule has 0 saturated heterocycles. The van der Waals surface area contributed by atoms with Gasteiger partial charge in [-0.15, -0.1) is 5.10 Å². The number of nitro groups is 1. The summed E-state index contributed by atoms with van der Waals surface area (Å²) in [6.45, 7) is -0.980. The van der Waals surface area contributed by atoms with Gasteiger partial charge in [-0.1, -0.05) is 0 Å². The third kappa shape index (κ3) is 4.97. The van der Waals surface area contributed by atoms with E-state index in [0.717, 1.165) is 13.0 Å². The lowest BCUT2D eigenvalue weighted by Crippen LogP contribution is -2.25. The predicted molar refractivity (Wildman–Crippen MR) is 107 cm³/mol. The van der Waals surface area contributed by atoms with Gasteiger partial charge in [0.25, 0.3) is 5.88 Å². The molecule has 15 heteroatoms. The van der Waals surface area contributed by atoms with Crippen molar-refractivity contribution < 1.29 is 37.1 Å². The van der Waals surface area contributed by atoms with E-state index in [1.54, 1.807) is 6.92 Å². The van der Waals surface area contributed by atoms with Gasteiger partial charge in [-0.25, -0.2) is 23.5 Å². The molecule has 2 aromatic heterocycles. The maximum atomic E-state index is 14.7. The van der Waals surface area contributed by atoms with Gasteiger partial charge < -0.3 is 14.2 Å². The van der Waals surface area contributed by atoms with Crippen LogP contribution >= 0.6 is 0 Å². The van der Waals surface area contributed by atoms with E-state index in [0.29, 0.717) is 10.7 Å². The molecule has 0 atom stereocenters. The van der Waals surface area contributed by atoms with Gasteiger partial charge in [0.05, 0.1) is 17.6 Å². The fourth-order valence-corrected chi connectivity index (χ4v) is 2.79. The van der Waals surface area contributed by atoms with Crippen molar-refractivity contribution in [3.05, 3.63) is 62.7 Å². The van der Waals surface area contributed by atoms with Crippen LogP contribution in [0.2, 0.25) is 0 Å². The molecule has 3 aromatic rings. The molecule has 180 valence electrons. The molecule has 0 aliphatic rings. The number of ether oxygens (including phenoxy) is 3. The second kappa shape index (κ2) is 10.0. The zero-order valence-electron chi connectivity index (χ0n) is 17.6. The van der Waals surface area contributed by atoms with E-state index in [9.17, 15) is 32.9 Å². The smallest absolute Gasteiger partial charge is 0.355 e. The van der Waals surface area contributed by atoms with Crippen LogP contribution in [0.1, 0.15) is 19.3 Å². The Morgan fingerprint density at radius 3 is 2.65 bits per heavy atom. The van der Waals surface area contributed by atoms with Gasteiger partial charge in [-0.05, 0) is 26.0 Å². The Morgan fingerprint density at radius 1 is 1.29 bits per heavy atom. The minimum Gasteiger partial charge on any atom is -0.463 e. The van der Waals surface area contributed by atoms with Crippen LogP contribution in [0.25, 0.3) is 5.69 Å².